The molecule has 13 nitrogen and oxygen atoms in total. The number of hydrogen-bond acceptors (Lipinski definition) is 8. The average molecular weight is 753 g/mol. The highest BCUT2D eigenvalue weighted by atomic mass is 32.2. The summed E-state index contributed by atoms with van der Waals surface area (Å²) >= 11 is 1.56. The molecular weight excluding hydrogens is 697 g/mol. The summed E-state index contributed by atoms with van der Waals surface area (Å²) in [5.41, 5.74) is 7.61. The zero-order valence-corrected chi connectivity index (χ0v) is 32.2. The van der Waals surface area contributed by atoms with Gasteiger partial charge in [0, 0.05) is 19.4 Å². The van der Waals surface area contributed by atoms with Gasteiger partial charge in [-0.25, -0.2) is 4.79 Å². The fourth-order valence-corrected chi connectivity index (χ4v) is 6.77. The third-order valence-corrected chi connectivity index (χ3v) is 9.83. The lowest BCUT2D eigenvalue weighted by atomic mass is 9.98. The van der Waals surface area contributed by atoms with E-state index in [1.807, 2.05) is 80.8 Å². The summed E-state index contributed by atoms with van der Waals surface area (Å²) in [7, 11) is 0. The molecular formula is C39H56N6O7S. The predicted molar refractivity (Wildman–Crippen MR) is 206 cm³/mol. The Morgan fingerprint density at radius 1 is 0.774 bits per heavy atom. The zero-order chi connectivity index (χ0) is 39.1. The van der Waals surface area contributed by atoms with E-state index in [9.17, 15) is 33.9 Å². The molecule has 6 atom stereocenters. The van der Waals surface area contributed by atoms with Gasteiger partial charge in [0.05, 0.1) is 6.04 Å². The smallest absolute Gasteiger partial charge is 0.326 e. The number of nitrogens with zero attached hydrogens (tertiary/aromatic N) is 1. The van der Waals surface area contributed by atoms with Crippen LogP contribution in [0.4, 0.5) is 0 Å². The number of carbonyl (C=O) groups excluding carboxylic acids is 5. The van der Waals surface area contributed by atoms with Gasteiger partial charge in [-0.3, -0.25) is 24.0 Å². The second-order valence-electron chi connectivity index (χ2n) is 14.3. The van der Waals surface area contributed by atoms with Crippen LogP contribution in [0.1, 0.15) is 64.5 Å². The maximum atomic E-state index is 14.1. The van der Waals surface area contributed by atoms with Crippen molar-refractivity contribution >= 4 is 47.3 Å². The van der Waals surface area contributed by atoms with Crippen molar-refractivity contribution in [1.29, 1.82) is 0 Å². The quantitative estimate of drug-likeness (QED) is 0.117. The molecule has 0 bridgehead atoms. The molecule has 1 aliphatic heterocycles. The molecule has 14 heteroatoms. The van der Waals surface area contributed by atoms with E-state index < -0.39 is 77.7 Å². The topological polar surface area (TPSA) is 200 Å². The van der Waals surface area contributed by atoms with Crippen molar-refractivity contribution in [2.75, 3.05) is 18.6 Å². The molecule has 1 heterocycles. The second kappa shape index (κ2) is 21.3. The first-order valence-corrected chi connectivity index (χ1v) is 19.7. The van der Waals surface area contributed by atoms with Crippen LogP contribution in [-0.2, 0) is 41.6 Å². The summed E-state index contributed by atoms with van der Waals surface area (Å²) in [4.78, 5) is 81.9. The molecule has 1 fully saturated rings. The molecule has 2 aromatic rings. The Morgan fingerprint density at radius 3 is 1.83 bits per heavy atom. The maximum absolute atomic E-state index is 14.1. The summed E-state index contributed by atoms with van der Waals surface area (Å²) < 4.78 is 0. The Balaban J connectivity index is 1.85. The van der Waals surface area contributed by atoms with Crippen molar-refractivity contribution in [2.24, 2.45) is 17.6 Å². The number of rotatable bonds is 20. The monoisotopic (exact) mass is 752 g/mol. The van der Waals surface area contributed by atoms with Crippen molar-refractivity contribution < 1.29 is 33.9 Å². The van der Waals surface area contributed by atoms with Gasteiger partial charge in [0.1, 0.15) is 30.2 Å². The van der Waals surface area contributed by atoms with Gasteiger partial charge in [-0.1, -0.05) is 88.4 Å². The summed E-state index contributed by atoms with van der Waals surface area (Å²) in [6.45, 7) is 7.59. The number of amides is 5. The minimum absolute atomic E-state index is 0.0294. The fraction of sp³-hybridized carbons (Fsp3) is 0.538. The lowest BCUT2D eigenvalue weighted by Gasteiger charge is -2.30. The van der Waals surface area contributed by atoms with E-state index in [4.69, 9.17) is 5.73 Å². The molecule has 1 saturated heterocycles. The average Bonchev–Trinajstić information content (AvgIpc) is 3.63. The molecule has 290 valence electrons. The van der Waals surface area contributed by atoms with Gasteiger partial charge in [0.25, 0.3) is 0 Å². The van der Waals surface area contributed by atoms with Gasteiger partial charge in [-0.05, 0) is 60.7 Å². The molecule has 0 aromatic heterocycles. The summed E-state index contributed by atoms with van der Waals surface area (Å²) in [5.74, 6) is -3.60. The molecule has 2 aromatic carbocycles. The summed E-state index contributed by atoms with van der Waals surface area (Å²) in [6, 6.07) is 12.1. The number of aliphatic carboxylic acids is 1. The molecule has 0 radical (unpaired) electrons. The van der Waals surface area contributed by atoms with E-state index in [0.29, 0.717) is 31.4 Å². The first kappa shape index (κ1) is 43.0. The molecule has 7 N–H and O–H groups in total. The molecule has 0 saturated carbocycles. The number of carboxylic acids is 1. The Kier molecular flexibility index (Phi) is 17.3. The Labute approximate surface area is 317 Å². The molecule has 53 heavy (non-hydrogen) atoms. The highest BCUT2D eigenvalue weighted by Crippen LogP contribution is 2.20. The Morgan fingerprint density at radius 2 is 1.30 bits per heavy atom. The third kappa shape index (κ3) is 13.5. The van der Waals surface area contributed by atoms with E-state index >= 15 is 0 Å². The van der Waals surface area contributed by atoms with E-state index in [1.165, 1.54) is 4.90 Å². The number of nitrogens with one attached hydrogen (secondary N) is 4. The van der Waals surface area contributed by atoms with Crippen LogP contribution in [-0.4, -0.2) is 100 Å². The normalized spacial score (nSPS) is 17.0. The minimum atomic E-state index is -1.13. The Hall–Kier alpha value is -4.43. The standard InChI is InChI=1S/C39H56N6O7S/c1-24(2)21-29(41-34(46)28(40)18-20-53-5)35(47)42-30(22-26-13-8-6-9-14-26)36(48)44-33(25(3)4)37(49)43-31(23-27-15-10-7-11-16-27)38(50)45-19-12-17-32(45)39(51)52/h6-11,13-16,24-25,28-33H,12,17-23,40H2,1-5H3,(H,41,46)(H,42,47)(H,43,49)(H,44,48)(H,51,52)/t28-,29-,30-,31-,32-,33-/m0/s1. The van der Waals surface area contributed by atoms with Crippen LogP contribution < -0.4 is 27.0 Å². The third-order valence-electron chi connectivity index (χ3n) is 9.19. The number of thioether (sulfide) groups is 1. The molecule has 0 aliphatic carbocycles. The lowest BCUT2D eigenvalue weighted by Crippen LogP contribution is -2.61. The van der Waals surface area contributed by atoms with E-state index in [2.05, 4.69) is 21.3 Å². The number of likely N-dealkylation sites (tertiary alicyclic amines) is 1. The largest absolute Gasteiger partial charge is 0.480 e. The highest BCUT2D eigenvalue weighted by molar-refractivity contribution is 7.98. The molecule has 5 amide bonds. The molecule has 1 aliphatic rings. The number of hydrogen-bond donors (Lipinski definition) is 6. The van der Waals surface area contributed by atoms with Crippen LogP contribution in [0.2, 0.25) is 0 Å². The number of carboxylic acid groups (broad SMARTS) is 1. The van der Waals surface area contributed by atoms with Gasteiger partial charge < -0.3 is 37.0 Å². The van der Waals surface area contributed by atoms with Crippen molar-refractivity contribution in [3.8, 4) is 0 Å². The second-order valence-corrected chi connectivity index (χ2v) is 15.3. The van der Waals surface area contributed by atoms with E-state index in [-0.39, 0.29) is 25.3 Å². The van der Waals surface area contributed by atoms with Crippen LogP contribution in [0.3, 0.4) is 0 Å². The zero-order valence-electron chi connectivity index (χ0n) is 31.4. The van der Waals surface area contributed by atoms with Gasteiger partial charge in [-0.2, -0.15) is 11.8 Å². The Bertz CT molecular complexity index is 1530. The van der Waals surface area contributed by atoms with Gasteiger partial charge >= 0.3 is 5.97 Å². The van der Waals surface area contributed by atoms with Crippen LogP contribution in [0.5, 0.6) is 0 Å². The van der Waals surface area contributed by atoms with Gasteiger partial charge in [0.15, 0.2) is 0 Å². The summed E-state index contributed by atoms with van der Waals surface area (Å²) in [5, 5.41) is 21.0. The molecule has 0 spiro atoms. The number of benzene rings is 2. The van der Waals surface area contributed by atoms with Crippen LogP contribution in [0.25, 0.3) is 0 Å². The first-order chi connectivity index (χ1) is 25.2. The van der Waals surface area contributed by atoms with Gasteiger partial charge in [0.2, 0.25) is 29.5 Å². The van der Waals surface area contributed by atoms with Crippen LogP contribution in [0.15, 0.2) is 60.7 Å². The number of carbonyl (C=O) groups is 6. The minimum Gasteiger partial charge on any atom is -0.480 e. The van der Waals surface area contributed by atoms with Crippen molar-refractivity contribution in [1.82, 2.24) is 26.2 Å². The van der Waals surface area contributed by atoms with Gasteiger partial charge in [-0.15, -0.1) is 0 Å². The molecule has 0 unspecified atom stereocenters. The maximum Gasteiger partial charge on any atom is 0.326 e. The lowest BCUT2D eigenvalue weighted by molar-refractivity contribution is -0.149. The predicted octanol–water partition coefficient (Wildman–Crippen LogP) is 2.27. The van der Waals surface area contributed by atoms with Crippen molar-refractivity contribution in [3.63, 3.8) is 0 Å². The fourth-order valence-electron chi connectivity index (χ4n) is 6.28. The highest BCUT2D eigenvalue weighted by Gasteiger charge is 2.39. The van der Waals surface area contributed by atoms with E-state index in [1.54, 1.807) is 25.6 Å². The summed E-state index contributed by atoms with van der Waals surface area (Å²) in [6.07, 6.45) is 3.72. The van der Waals surface area contributed by atoms with E-state index in [0.717, 1.165) is 11.1 Å². The van der Waals surface area contributed by atoms with Crippen molar-refractivity contribution in [3.05, 3.63) is 71.8 Å². The molecule has 3 rings (SSSR count). The number of nitrogens with two attached hydrogens (primary N) is 1. The van der Waals surface area contributed by atoms with Crippen LogP contribution in [0, 0.1) is 11.8 Å². The van der Waals surface area contributed by atoms with Crippen molar-refractivity contribution in [2.45, 2.75) is 102 Å². The first-order valence-electron chi connectivity index (χ1n) is 18.3. The van der Waals surface area contributed by atoms with Crippen LogP contribution >= 0.6 is 11.8 Å². The SMILES string of the molecule is CSCC[C@H](N)C(=O)N[C@@H](CC(C)C)C(=O)N[C@@H](Cc1ccccc1)C(=O)N[C@H](C(=O)N[C@@H](Cc1ccccc1)C(=O)N1CCC[C@H]1C(=O)O)C(C)C.